The average Bonchev–Trinajstić information content (AvgIpc) is 3.62. The molecule has 4 heterocycles. The zero-order valence-corrected chi connectivity index (χ0v) is 26.0. The van der Waals surface area contributed by atoms with Gasteiger partial charge in [0.05, 0.1) is 25.8 Å². The van der Waals surface area contributed by atoms with Crippen LogP contribution in [0.25, 0.3) is 27.6 Å². The predicted octanol–water partition coefficient (Wildman–Crippen LogP) is 8.81. The van der Waals surface area contributed by atoms with E-state index < -0.39 is 8.07 Å². The summed E-state index contributed by atoms with van der Waals surface area (Å²) in [5.74, 6) is 2.55. The van der Waals surface area contributed by atoms with E-state index in [2.05, 4.69) is 150 Å². The Morgan fingerprint density at radius 2 is 1.47 bits per heavy atom. The van der Waals surface area contributed by atoms with Crippen molar-refractivity contribution in [2.75, 3.05) is 16.5 Å². The highest BCUT2D eigenvalue weighted by atomic mass is 28.3. The van der Waals surface area contributed by atoms with Gasteiger partial charge in [-0.05, 0) is 53.7 Å². The molecule has 0 atom stereocenters. The highest BCUT2D eigenvalue weighted by molar-refractivity contribution is 6.94. The average molecular weight is 579 g/mol. The molecule has 0 aliphatic carbocycles. The molecule has 43 heavy (non-hydrogen) atoms. The second kappa shape index (κ2) is 9.34. The van der Waals surface area contributed by atoms with E-state index in [0.29, 0.717) is 0 Å². The van der Waals surface area contributed by atoms with Crippen molar-refractivity contribution in [3.8, 4) is 17.3 Å². The van der Waals surface area contributed by atoms with Crippen molar-refractivity contribution in [1.82, 2.24) is 9.55 Å². The molecule has 4 aromatic carbocycles. The molecule has 2 aromatic heterocycles. The van der Waals surface area contributed by atoms with Gasteiger partial charge in [0.25, 0.3) is 0 Å². The number of benzene rings is 4. The fourth-order valence-electron chi connectivity index (χ4n) is 6.83. The molecule has 0 unspecified atom stereocenters. The lowest BCUT2D eigenvalue weighted by Gasteiger charge is -2.50. The number of hydrogen-bond donors (Lipinski definition) is 0. The summed E-state index contributed by atoms with van der Waals surface area (Å²) < 4.78 is 8.86. The van der Waals surface area contributed by atoms with Crippen LogP contribution in [0.1, 0.15) is 13.8 Å². The van der Waals surface area contributed by atoms with Crippen molar-refractivity contribution in [3.63, 3.8) is 0 Å². The molecule has 5 nitrogen and oxygen atoms in total. The fraction of sp³-hybridized carbons (Fsp3) is 0.162. The minimum atomic E-state index is -1.87. The summed E-state index contributed by atoms with van der Waals surface area (Å²) in [5, 5.41) is 3.94. The first-order valence-corrected chi connectivity index (χ1v) is 17.9. The van der Waals surface area contributed by atoms with Crippen LogP contribution in [0.4, 0.5) is 11.4 Å². The number of aromatic nitrogens is 2. The van der Waals surface area contributed by atoms with E-state index >= 15 is 0 Å². The highest BCUT2D eigenvalue weighted by Gasteiger charge is 2.52. The van der Waals surface area contributed by atoms with Crippen LogP contribution in [0, 0.1) is 0 Å². The summed E-state index contributed by atoms with van der Waals surface area (Å²) in [6, 6.07) is 38.3. The maximum Gasteiger partial charge on any atom is 0.137 e. The van der Waals surface area contributed by atoms with Gasteiger partial charge in [0, 0.05) is 57.4 Å². The molecule has 212 valence electrons. The Morgan fingerprint density at radius 3 is 2.28 bits per heavy atom. The quantitative estimate of drug-likeness (QED) is 0.196. The molecular formula is C37H34N4OSi. The van der Waals surface area contributed by atoms with Crippen molar-refractivity contribution in [2.45, 2.75) is 32.0 Å². The SMILES string of the molecule is CC1(C)C2=CN(c3ccccc3)CN2c2cc(Oc3ccc4c5ccccc5n(-c5ccccn5)c4c3)ccc2[Si]1(C)C. The molecule has 0 saturated carbocycles. The monoisotopic (exact) mass is 578 g/mol. The fourth-order valence-corrected chi connectivity index (χ4v) is 9.69. The van der Waals surface area contributed by atoms with Crippen LogP contribution < -0.4 is 19.7 Å². The molecular weight excluding hydrogens is 545 g/mol. The van der Waals surface area contributed by atoms with Gasteiger partial charge in [-0.25, -0.2) is 4.98 Å². The van der Waals surface area contributed by atoms with Gasteiger partial charge in [0.1, 0.15) is 17.3 Å². The highest BCUT2D eigenvalue weighted by Crippen LogP contribution is 2.53. The van der Waals surface area contributed by atoms with Gasteiger partial charge in [0.2, 0.25) is 0 Å². The smallest absolute Gasteiger partial charge is 0.137 e. The summed E-state index contributed by atoms with van der Waals surface area (Å²) in [6.45, 7) is 10.6. The number of anilines is 2. The Balaban J connectivity index is 1.21. The van der Waals surface area contributed by atoms with E-state index in [4.69, 9.17) is 4.74 Å². The Bertz CT molecular complexity index is 2050. The van der Waals surface area contributed by atoms with Gasteiger partial charge in [-0.3, -0.25) is 4.57 Å². The number of fused-ring (bicyclic) bond motifs is 6. The summed E-state index contributed by atoms with van der Waals surface area (Å²) >= 11 is 0. The molecule has 6 aromatic rings. The van der Waals surface area contributed by atoms with Crippen molar-refractivity contribution in [3.05, 3.63) is 127 Å². The maximum atomic E-state index is 6.64. The summed E-state index contributed by atoms with van der Waals surface area (Å²) in [4.78, 5) is 9.54. The van der Waals surface area contributed by atoms with E-state index in [1.807, 2.05) is 18.3 Å². The Kier molecular flexibility index (Phi) is 5.62. The first-order chi connectivity index (χ1) is 20.8. The molecule has 0 fully saturated rings. The number of ether oxygens (including phenoxy) is 1. The minimum absolute atomic E-state index is 0.0792. The van der Waals surface area contributed by atoms with Gasteiger partial charge < -0.3 is 14.5 Å². The van der Waals surface area contributed by atoms with E-state index in [1.54, 1.807) is 0 Å². The molecule has 0 radical (unpaired) electrons. The first-order valence-electron chi connectivity index (χ1n) is 14.9. The van der Waals surface area contributed by atoms with Crippen LogP contribution in [0.5, 0.6) is 11.5 Å². The zero-order valence-electron chi connectivity index (χ0n) is 25.0. The lowest BCUT2D eigenvalue weighted by Crippen LogP contribution is -2.58. The summed E-state index contributed by atoms with van der Waals surface area (Å²) in [7, 11) is -1.87. The largest absolute Gasteiger partial charge is 0.457 e. The Labute approximate surface area is 253 Å². The van der Waals surface area contributed by atoms with Crippen molar-refractivity contribution < 1.29 is 4.74 Å². The number of hydrogen-bond acceptors (Lipinski definition) is 4. The predicted molar refractivity (Wildman–Crippen MR) is 181 cm³/mol. The lowest BCUT2D eigenvalue weighted by atomic mass is 10.1. The molecule has 6 heteroatoms. The second-order valence-corrected chi connectivity index (χ2v) is 17.7. The third kappa shape index (κ3) is 3.86. The zero-order chi connectivity index (χ0) is 29.3. The normalized spacial score (nSPS) is 16.7. The molecule has 8 rings (SSSR count). The number of para-hydroxylation sites is 2. The lowest BCUT2D eigenvalue weighted by molar-refractivity contribution is 0.483. The molecule has 2 aliphatic rings. The molecule has 0 amide bonds. The van der Waals surface area contributed by atoms with Crippen LogP contribution in [-0.2, 0) is 0 Å². The van der Waals surface area contributed by atoms with Gasteiger partial charge in [-0.2, -0.15) is 0 Å². The van der Waals surface area contributed by atoms with Crippen LogP contribution in [-0.4, -0.2) is 24.3 Å². The molecule has 0 spiro atoms. The Hall–Kier alpha value is -4.81. The van der Waals surface area contributed by atoms with Gasteiger partial charge in [-0.1, -0.05) is 75.5 Å². The van der Waals surface area contributed by atoms with Crippen LogP contribution >= 0.6 is 0 Å². The Morgan fingerprint density at radius 1 is 0.744 bits per heavy atom. The number of nitrogens with zero attached hydrogens (tertiary/aromatic N) is 4. The maximum absolute atomic E-state index is 6.64. The van der Waals surface area contributed by atoms with Crippen LogP contribution in [0.15, 0.2) is 127 Å². The van der Waals surface area contributed by atoms with E-state index in [9.17, 15) is 0 Å². The van der Waals surface area contributed by atoms with E-state index in [1.165, 1.54) is 33.0 Å². The number of allylic oxidation sites excluding steroid dienone is 1. The topological polar surface area (TPSA) is 33.5 Å². The standard InChI is InChI=1S/C37H34N4OSi/c1-37(2)35-24-39(26-12-6-5-7-13-26)25-40(35)33-23-28(18-20-34(33)43(37,3)4)42-27-17-19-30-29-14-8-9-15-31(29)41(32(30)22-27)36-16-10-11-21-38-36/h5-24H,25H2,1-4H3. The first kappa shape index (κ1) is 25.9. The van der Waals surface area contributed by atoms with Crippen LogP contribution in [0.3, 0.4) is 0 Å². The van der Waals surface area contributed by atoms with E-state index in [-0.39, 0.29) is 5.04 Å². The molecule has 2 aliphatic heterocycles. The van der Waals surface area contributed by atoms with Gasteiger partial charge >= 0.3 is 0 Å². The van der Waals surface area contributed by atoms with Crippen molar-refractivity contribution in [2.24, 2.45) is 0 Å². The summed E-state index contributed by atoms with van der Waals surface area (Å²) in [6.07, 6.45) is 4.21. The van der Waals surface area contributed by atoms with Gasteiger partial charge in [0.15, 0.2) is 0 Å². The van der Waals surface area contributed by atoms with Crippen molar-refractivity contribution in [1.29, 1.82) is 0 Å². The second-order valence-electron chi connectivity index (χ2n) is 12.6. The van der Waals surface area contributed by atoms with Crippen molar-refractivity contribution >= 4 is 46.4 Å². The van der Waals surface area contributed by atoms with E-state index in [0.717, 1.165) is 35.0 Å². The minimum Gasteiger partial charge on any atom is -0.457 e. The molecule has 0 N–H and O–H groups in total. The third-order valence-corrected chi connectivity index (χ3v) is 15.0. The number of pyridine rings is 1. The third-order valence-electron chi connectivity index (χ3n) is 9.85. The summed E-state index contributed by atoms with van der Waals surface area (Å²) in [5.41, 5.74) is 6.08. The molecule has 0 bridgehead atoms. The van der Waals surface area contributed by atoms with Crippen LogP contribution in [0.2, 0.25) is 18.1 Å². The van der Waals surface area contributed by atoms with Gasteiger partial charge in [-0.15, -0.1) is 0 Å². The molecule has 0 saturated heterocycles. The number of rotatable bonds is 4.